The van der Waals surface area contributed by atoms with E-state index >= 15 is 0 Å². The second-order valence-corrected chi connectivity index (χ2v) is 7.88. The summed E-state index contributed by atoms with van der Waals surface area (Å²) in [6.45, 7) is 5.27. The monoisotopic (exact) mass is 418 g/mol. The predicted octanol–water partition coefficient (Wildman–Crippen LogP) is 2.52. The molecular weight excluding hydrogens is 394 g/mol. The summed E-state index contributed by atoms with van der Waals surface area (Å²) < 4.78 is 32.9. The number of benzene rings is 1. The number of urea groups is 1. The molecule has 1 aliphatic heterocycles. The first-order valence-corrected chi connectivity index (χ1v) is 10.0. The Bertz CT molecular complexity index is 929. The molecule has 1 aliphatic carbocycles. The molecule has 0 radical (unpaired) electrons. The summed E-state index contributed by atoms with van der Waals surface area (Å²) in [5.74, 6) is -0.886. The molecule has 4 rings (SSSR count). The lowest BCUT2D eigenvalue weighted by atomic mass is 10.1. The van der Waals surface area contributed by atoms with Crippen molar-refractivity contribution in [3.8, 4) is 0 Å². The van der Waals surface area contributed by atoms with Gasteiger partial charge in [0.1, 0.15) is 17.4 Å². The summed E-state index contributed by atoms with van der Waals surface area (Å²) in [7, 11) is 0. The van der Waals surface area contributed by atoms with Gasteiger partial charge in [-0.2, -0.15) is 0 Å². The van der Waals surface area contributed by atoms with Crippen molar-refractivity contribution in [2.24, 2.45) is 0 Å². The van der Waals surface area contributed by atoms with E-state index in [0.717, 1.165) is 5.56 Å². The Kier molecular flexibility index (Phi) is 5.44. The van der Waals surface area contributed by atoms with Gasteiger partial charge in [-0.05, 0) is 32.4 Å². The van der Waals surface area contributed by atoms with E-state index in [1.54, 1.807) is 23.6 Å². The number of nitrogens with one attached hydrogen (secondary N) is 1. The van der Waals surface area contributed by atoms with E-state index in [0.29, 0.717) is 44.1 Å². The second-order valence-electron chi connectivity index (χ2n) is 7.88. The maximum atomic E-state index is 13.9. The van der Waals surface area contributed by atoms with Crippen LogP contribution in [-0.2, 0) is 11.2 Å². The summed E-state index contributed by atoms with van der Waals surface area (Å²) >= 11 is 0. The summed E-state index contributed by atoms with van der Waals surface area (Å²) in [5, 5.41) is 6.72. The lowest BCUT2D eigenvalue weighted by molar-refractivity contribution is -0.131. The summed E-state index contributed by atoms with van der Waals surface area (Å²) in [6.07, 6.45) is 0.741. The van der Waals surface area contributed by atoms with E-state index in [-0.39, 0.29) is 35.9 Å². The van der Waals surface area contributed by atoms with Crippen molar-refractivity contribution >= 4 is 11.9 Å². The van der Waals surface area contributed by atoms with Crippen molar-refractivity contribution in [2.75, 3.05) is 26.2 Å². The largest absolute Gasteiger partial charge is 0.361 e. The average molecular weight is 418 g/mol. The van der Waals surface area contributed by atoms with Crippen LogP contribution in [0.5, 0.6) is 0 Å². The van der Waals surface area contributed by atoms with E-state index in [1.165, 1.54) is 18.2 Å². The first-order valence-electron chi connectivity index (χ1n) is 10.0. The van der Waals surface area contributed by atoms with Gasteiger partial charge in [0.2, 0.25) is 5.91 Å². The highest BCUT2D eigenvalue weighted by atomic mass is 19.1. The maximum absolute atomic E-state index is 13.9. The first kappa shape index (κ1) is 20.3. The van der Waals surface area contributed by atoms with Crippen LogP contribution in [0.1, 0.15) is 34.9 Å². The zero-order valence-corrected chi connectivity index (χ0v) is 17.0. The maximum Gasteiger partial charge on any atom is 0.317 e. The molecule has 7 nitrogen and oxygen atoms in total. The van der Waals surface area contributed by atoms with Crippen molar-refractivity contribution in [3.05, 3.63) is 52.4 Å². The zero-order valence-electron chi connectivity index (χ0n) is 17.0. The Balaban J connectivity index is 1.26. The summed E-state index contributed by atoms with van der Waals surface area (Å²) in [6, 6.07) is 3.25. The summed E-state index contributed by atoms with van der Waals surface area (Å²) in [5.41, 5.74) is 1.56. The van der Waals surface area contributed by atoms with Gasteiger partial charge >= 0.3 is 6.03 Å². The lowest BCUT2D eigenvalue weighted by Gasteiger charge is -2.34. The molecule has 160 valence electrons. The van der Waals surface area contributed by atoms with Crippen molar-refractivity contribution in [3.63, 3.8) is 0 Å². The van der Waals surface area contributed by atoms with Crippen LogP contribution in [0.25, 0.3) is 0 Å². The molecule has 1 saturated carbocycles. The van der Waals surface area contributed by atoms with Gasteiger partial charge in [-0.1, -0.05) is 11.2 Å². The number of aromatic nitrogens is 1. The van der Waals surface area contributed by atoms with Crippen LogP contribution in [0.3, 0.4) is 0 Å². The molecule has 1 aromatic carbocycles. The standard InChI is InChI=1S/C21H24F2N4O3/c1-12-14(13(2)30-25-12)11-19(28)26-6-8-27(9-7-26)21(29)24-18-10-15(18)20-16(22)4-3-5-17(20)23/h3-5,15,18H,6-11H2,1-2H3,(H,24,29). The van der Waals surface area contributed by atoms with Gasteiger partial charge in [0.05, 0.1) is 12.1 Å². The van der Waals surface area contributed by atoms with Gasteiger partial charge in [-0.3, -0.25) is 4.79 Å². The zero-order chi connectivity index (χ0) is 21.4. The molecule has 2 aliphatic rings. The molecule has 2 heterocycles. The SMILES string of the molecule is Cc1noc(C)c1CC(=O)N1CCN(C(=O)NC2CC2c2c(F)cccc2F)CC1. The van der Waals surface area contributed by atoms with Crippen molar-refractivity contribution < 1.29 is 22.9 Å². The predicted molar refractivity (Wildman–Crippen MR) is 104 cm³/mol. The lowest BCUT2D eigenvalue weighted by Crippen LogP contribution is -2.53. The first-order chi connectivity index (χ1) is 14.3. The minimum absolute atomic E-state index is 0.0262. The highest BCUT2D eigenvalue weighted by Crippen LogP contribution is 2.43. The number of rotatable bonds is 4. The molecule has 1 saturated heterocycles. The van der Waals surface area contributed by atoms with Crippen molar-refractivity contribution in [1.82, 2.24) is 20.3 Å². The highest BCUT2D eigenvalue weighted by Gasteiger charge is 2.43. The number of carbonyl (C=O) groups is 2. The normalized spacial score (nSPS) is 20.9. The molecule has 1 N–H and O–H groups in total. The van der Waals surface area contributed by atoms with Gasteiger partial charge in [-0.15, -0.1) is 0 Å². The Labute approximate surface area is 173 Å². The van der Waals surface area contributed by atoms with Crippen LogP contribution in [0.2, 0.25) is 0 Å². The van der Waals surface area contributed by atoms with Gasteiger partial charge in [0.15, 0.2) is 0 Å². The quantitative estimate of drug-likeness (QED) is 0.828. The molecule has 0 spiro atoms. The minimum atomic E-state index is -0.581. The molecule has 30 heavy (non-hydrogen) atoms. The molecule has 9 heteroatoms. The fourth-order valence-electron chi connectivity index (χ4n) is 3.96. The fourth-order valence-corrected chi connectivity index (χ4v) is 3.96. The van der Waals surface area contributed by atoms with Crippen LogP contribution in [-0.4, -0.2) is 59.1 Å². The number of piperazine rings is 1. The van der Waals surface area contributed by atoms with Crippen LogP contribution in [0, 0.1) is 25.5 Å². The Hall–Kier alpha value is -2.97. The van der Waals surface area contributed by atoms with Gasteiger partial charge < -0.3 is 19.6 Å². The number of hydrogen-bond donors (Lipinski definition) is 1. The Morgan fingerprint density at radius 2 is 1.77 bits per heavy atom. The van der Waals surface area contributed by atoms with Crippen LogP contribution < -0.4 is 5.32 Å². The highest BCUT2D eigenvalue weighted by molar-refractivity contribution is 5.80. The van der Waals surface area contributed by atoms with Crippen LogP contribution in [0.4, 0.5) is 13.6 Å². The molecule has 2 atom stereocenters. The number of hydrogen-bond acceptors (Lipinski definition) is 4. The van der Waals surface area contributed by atoms with Crippen LogP contribution in [0.15, 0.2) is 22.7 Å². The second kappa shape index (κ2) is 8.04. The van der Waals surface area contributed by atoms with E-state index in [1.807, 2.05) is 0 Å². The van der Waals surface area contributed by atoms with Crippen molar-refractivity contribution in [1.29, 1.82) is 0 Å². The van der Waals surface area contributed by atoms with E-state index in [9.17, 15) is 18.4 Å². The van der Waals surface area contributed by atoms with Crippen LogP contribution >= 0.6 is 0 Å². The van der Waals surface area contributed by atoms with E-state index in [4.69, 9.17) is 4.52 Å². The minimum Gasteiger partial charge on any atom is -0.361 e. The number of amides is 3. The summed E-state index contributed by atoms with van der Waals surface area (Å²) in [4.78, 5) is 28.4. The Morgan fingerprint density at radius 3 is 2.37 bits per heavy atom. The molecule has 1 aromatic heterocycles. The number of carbonyl (C=O) groups excluding carboxylic acids is 2. The van der Waals surface area contributed by atoms with E-state index in [2.05, 4.69) is 10.5 Å². The van der Waals surface area contributed by atoms with E-state index < -0.39 is 11.6 Å². The molecule has 2 aromatic rings. The number of aryl methyl sites for hydroxylation is 2. The third-order valence-electron chi connectivity index (χ3n) is 5.90. The third-order valence-corrected chi connectivity index (χ3v) is 5.90. The molecular formula is C21H24F2N4O3. The number of nitrogens with zero attached hydrogens (tertiary/aromatic N) is 3. The molecule has 3 amide bonds. The smallest absolute Gasteiger partial charge is 0.317 e. The van der Waals surface area contributed by atoms with Crippen molar-refractivity contribution in [2.45, 2.75) is 38.6 Å². The fraction of sp³-hybridized carbons (Fsp3) is 0.476. The molecule has 2 fully saturated rings. The van der Waals surface area contributed by atoms with Gasteiger partial charge in [-0.25, -0.2) is 13.6 Å². The topological polar surface area (TPSA) is 78.7 Å². The van der Waals surface area contributed by atoms with Gasteiger partial charge in [0, 0.05) is 49.3 Å². The molecule has 2 unspecified atom stereocenters. The Morgan fingerprint density at radius 1 is 1.13 bits per heavy atom. The number of halogens is 2. The molecule has 0 bridgehead atoms. The van der Waals surface area contributed by atoms with Gasteiger partial charge in [0.25, 0.3) is 0 Å². The average Bonchev–Trinajstić information content (AvgIpc) is 3.40. The third kappa shape index (κ3) is 4.01.